The number of hydrogen-bond donors (Lipinski definition) is 0. The van der Waals surface area contributed by atoms with Crippen molar-refractivity contribution in [1.29, 1.82) is 0 Å². The minimum Gasteiger partial charge on any atom is -0.337 e. The first-order valence-corrected chi connectivity index (χ1v) is 10.0. The van der Waals surface area contributed by atoms with Crippen LogP contribution >= 0.6 is 0 Å². The molecule has 1 spiro atoms. The molecule has 144 valence electrons. The first kappa shape index (κ1) is 18.2. The van der Waals surface area contributed by atoms with Gasteiger partial charge in [-0.2, -0.15) is 5.10 Å². The summed E-state index contributed by atoms with van der Waals surface area (Å²) in [4.78, 5) is 17.5. The van der Waals surface area contributed by atoms with Gasteiger partial charge in [0.15, 0.2) is 5.69 Å². The Morgan fingerprint density at radius 2 is 2.00 bits per heavy atom. The zero-order valence-corrected chi connectivity index (χ0v) is 16.7. The third kappa shape index (κ3) is 3.79. The average molecular weight is 367 g/mol. The predicted octanol–water partition coefficient (Wildman–Crippen LogP) is 3.17. The molecule has 0 saturated carbocycles. The van der Waals surface area contributed by atoms with E-state index in [1.165, 1.54) is 24.0 Å². The molecular formula is C22H30N4O. The molecule has 5 heteroatoms. The number of hydrogen-bond acceptors (Lipinski definition) is 3. The lowest BCUT2D eigenvalue weighted by Gasteiger charge is -2.40. The standard InChI is InChI=1S/C22H30N4O/c1-17-6-4-7-19(12-17)14-25-10-5-8-22(15-25)9-11-26(16-22)21(27)20-13-18(2)24(3)23-20/h4,6-7,12-13H,5,8-11,14-16H2,1-3H3/t22-/m0/s1. The maximum absolute atomic E-state index is 12.9. The van der Waals surface area contributed by atoms with Crippen molar-refractivity contribution in [2.45, 2.75) is 39.7 Å². The molecule has 27 heavy (non-hydrogen) atoms. The fourth-order valence-corrected chi connectivity index (χ4v) is 4.78. The van der Waals surface area contributed by atoms with E-state index in [0.29, 0.717) is 5.69 Å². The molecule has 2 saturated heterocycles. The molecule has 0 radical (unpaired) electrons. The fraction of sp³-hybridized carbons (Fsp3) is 0.545. The van der Waals surface area contributed by atoms with Gasteiger partial charge in [0.1, 0.15) is 0 Å². The summed E-state index contributed by atoms with van der Waals surface area (Å²) in [6.07, 6.45) is 3.55. The Hall–Kier alpha value is -2.14. The van der Waals surface area contributed by atoms with Crippen LogP contribution in [0, 0.1) is 19.3 Å². The molecule has 0 unspecified atom stereocenters. The second-order valence-electron chi connectivity index (χ2n) is 8.57. The Morgan fingerprint density at radius 1 is 1.15 bits per heavy atom. The smallest absolute Gasteiger partial charge is 0.274 e. The number of carbonyl (C=O) groups is 1. The zero-order chi connectivity index (χ0) is 19.0. The number of aromatic nitrogens is 2. The van der Waals surface area contributed by atoms with Crippen molar-refractivity contribution in [3.63, 3.8) is 0 Å². The van der Waals surface area contributed by atoms with Crippen LogP contribution < -0.4 is 0 Å². The Kier molecular flexibility index (Phi) is 4.81. The van der Waals surface area contributed by atoms with Crippen molar-refractivity contribution < 1.29 is 4.79 Å². The molecule has 0 N–H and O–H groups in total. The predicted molar refractivity (Wildman–Crippen MR) is 107 cm³/mol. The Morgan fingerprint density at radius 3 is 2.74 bits per heavy atom. The van der Waals surface area contributed by atoms with Crippen LogP contribution in [-0.2, 0) is 13.6 Å². The van der Waals surface area contributed by atoms with Crippen LogP contribution in [0.2, 0.25) is 0 Å². The molecule has 4 rings (SSSR count). The van der Waals surface area contributed by atoms with E-state index in [4.69, 9.17) is 0 Å². The summed E-state index contributed by atoms with van der Waals surface area (Å²) >= 11 is 0. The summed E-state index contributed by atoms with van der Waals surface area (Å²) in [5.74, 6) is 0.0892. The van der Waals surface area contributed by atoms with Crippen molar-refractivity contribution in [3.05, 3.63) is 52.8 Å². The van der Waals surface area contributed by atoms with E-state index in [1.54, 1.807) is 4.68 Å². The highest BCUT2D eigenvalue weighted by atomic mass is 16.2. The normalized spacial score (nSPS) is 23.3. The maximum Gasteiger partial charge on any atom is 0.274 e. The highest BCUT2D eigenvalue weighted by Gasteiger charge is 2.43. The number of aryl methyl sites for hydroxylation is 3. The lowest BCUT2D eigenvalue weighted by Crippen LogP contribution is -2.45. The summed E-state index contributed by atoms with van der Waals surface area (Å²) in [6.45, 7) is 9.12. The molecule has 0 bridgehead atoms. The number of likely N-dealkylation sites (tertiary alicyclic amines) is 2. The van der Waals surface area contributed by atoms with Crippen LogP contribution in [-0.4, -0.2) is 51.7 Å². The van der Waals surface area contributed by atoms with E-state index >= 15 is 0 Å². The third-order valence-electron chi connectivity index (χ3n) is 6.29. The molecule has 1 atom stereocenters. The summed E-state index contributed by atoms with van der Waals surface area (Å²) < 4.78 is 1.78. The minimum atomic E-state index is 0.0892. The van der Waals surface area contributed by atoms with Gasteiger partial charge in [-0.1, -0.05) is 29.8 Å². The highest BCUT2D eigenvalue weighted by molar-refractivity contribution is 5.92. The van der Waals surface area contributed by atoms with E-state index in [1.807, 2.05) is 24.9 Å². The summed E-state index contributed by atoms with van der Waals surface area (Å²) in [6, 6.07) is 10.7. The van der Waals surface area contributed by atoms with Crippen LogP contribution in [0.3, 0.4) is 0 Å². The van der Waals surface area contributed by atoms with Gasteiger partial charge in [0.05, 0.1) is 0 Å². The summed E-state index contributed by atoms with van der Waals surface area (Å²) in [5.41, 5.74) is 4.57. The van der Waals surface area contributed by atoms with Crippen molar-refractivity contribution >= 4 is 5.91 Å². The lowest BCUT2D eigenvalue weighted by atomic mass is 9.79. The van der Waals surface area contributed by atoms with Crippen LogP contribution in [0.25, 0.3) is 0 Å². The zero-order valence-electron chi connectivity index (χ0n) is 16.7. The first-order valence-electron chi connectivity index (χ1n) is 10.0. The van der Waals surface area contributed by atoms with Crippen molar-refractivity contribution in [2.75, 3.05) is 26.2 Å². The number of benzene rings is 1. The average Bonchev–Trinajstić information content (AvgIpc) is 3.18. The number of amides is 1. The van der Waals surface area contributed by atoms with E-state index in [-0.39, 0.29) is 11.3 Å². The van der Waals surface area contributed by atoms with Crippen molar-refractivity contribution in [2.24, 2.45) is 12.5 Å². The lowest BCUT2D eigenvalue weighted by molar-refractivity contribution is 0.0670. The summed E-state index contributed by atoms with van der Waals surface area (Å²) in [7, 11) is 1.89. The van der Waals surface area contributed by atoms with Gasteiger partial charge in [-0.15, -0.1) is 0 Å². The molecular weight excluding hydrogens is 336 g/mol. The molecule has 2 aliphatic heterocycles. The second-order valence-corrected chi connectivity index (χ2v) is 8.57. The molecule has 2 aliphatic rings. The van der Waals surface area contributed by atoms with Gasteiger partial charge >= 0.3 is 0 Å². The maximum atomic E-state index is 12.9. The van der Waals surface area contributed by atoms with E-state index in [2.05, 4.69) is 41.2 Å². The Labute approximate surface area is 162 Å². The van der Waals surface area contributed by atoms with E-state index < -0.39 is 0 Å². The second kappa shape index (κ2) is 7.12. The molecule has 1 aromatic heterocycles. The number of piperidine rings is 1. The number of carbonyl (C=O) groups excluding carboxylic acids is 1. The monoisotopic (exact) mass is 366 g/mol. The molecule has 1 amide bonds. The molecule has 5 nitrogen and oxygen atoms in total. The molecule has 2 aromatic rings. The molecule has 1 aromatic carbocycles. The van der Waals surface area contributed by atoms with E-state index in [9.17, 15) is 4.79 Å². The van der Waals surface area contributed by atoms with Gasteiger partial charge < -0.3 is 4.90 Å². The third-order valence-corrected chi connectivity index (χ3v) is 6.29. The van der Waals surface area contributed by atoms with Crippen LogP contribution in [0.15, 0.2) is 30.3 Å². The van der Waals surface area contributed by atoms with Gasteiger partial charge in [0, 0.05) is 44.3 Å². The first-order chi connectivity index (χ1) is 12.9. The minimum absolute atomic E-state index is 0.0892. The van der Waals surface area contributed by atoms with Crippen molar-refractivity contribution in [3.8, 4) is 0 Å². The number of rotatable bonds is 3. The fourth-order valence-electron chi connectivity index (χ4n) is 4.78. The highest BCUT2D eigenvalue weighted by Crippen LogP contribution is 2.39. The Bertz CT molecular complexity index is 823. The largest absolute Gasteiger partial charge is 0.337 e. The number of nitrogens with zero attached hydrogens (tertiary/aromatic N) is 4. The van der Waals surface area contributed by atoms with Crippen LogP contribution in [0.4, 0.5) is 0 Å². The van der Waals surface area contributed by atoms with Gasteiger partial charge in [0.25, 0.3) is 5.91 Å². The van der Waals surface area contributed by atoms with Crippen LogP contribution in [0.5, 0.6) is 0 Å². The van der Waals surface area contributed by atoms with Gasteiger partial charge in [0.2, 0.25) is 0 Å². The SMILES string of the molecule is Cc1cccc(CN2CCC[C@]3(CCN(C(=O)c4cc(C)n(C)n4)C3)C2)c1. The van der Waals surface area contributed by atoms with Gasteiger partial charge in [-0.3, -0.25) is 14.4 Å². The molecule has 0 aliphatic carbocycles. The van der Waals surface area contributed by atoms with E-state index in [0.717, 1.165) is 44.8 Å². The molecule has 3 heterocycles. The van der Waals surface area contributed by atoms with Crippen molar-refractivity contribution in [1.82, 2.24) is 19.6 Å². The summed E-state index contributed by atoms with van der Waals surface area (Å²) in [5, 5.41) is 4.38. The molecule has 2 fully saturated rings. The quantitative estimate of drug-likeness (QED) is 0.838. The topological polar surface area (TPSA) is 41.4 Å². The van der Waals surface area contributed by atoms with Gasteiger partial charge in [-0.25, -0.2) is 0 Å². The van der Waals surface area contributed by atoms with Gasteiger partial charge in [-0.05, 0) is 51.3 Å². The van der Waals surface area contributed by atoms with Crippen LogP contribution in [0.1, 0.15) is 46.6 Å². The Balaban J connectivity index is 1.42.